The summed E-state index contributed by atoms with van der Waals surface area (Å²) in [6.45, 7) is 1.74. The molecule has 2 aliphatic heterocycles. The van der Waals surface area contributed by atoms with Gasteiger partial charge in [0.1, 0.15) is 0 Å². The summed E-state index contributed by atoms with van der Waals surface area (Å²) in [5.41, 5.74) is 2.94. The fraction of sp³-hybridized carbons (Fsp3) is 0.268. The first-order valence-corrected chi connectivity index (χ1v) is 17.3. The summed E-state index contributed by atoms with van der Waals surface area (Å²) < 4.78 is 15.0. The summed E-state index contributed by atoms with van der Waals surface area (Å²) >= 11 is 0. The summed E-state index contributed by atoms with van der Waals surface area (Å²) in [5.74, 6) is -6.52. The first kappa shape index (κ1) is 33.2. The molecule has 52 heavy (non-hydrogen) atoms. The van der Waals surface area contributed by atoms with Gasteiger partial charge < -0.3 is 10.0 Å². The van der Waals surface area contributed by atoms with E-state index in [-0.39, 0.29) is 24.7 Å². The number of amides is 4. The maximum atomic E-state index is 15.0. The number of fused-ring (bicyclic) bond motifs is 4. The number of allylic oxidation sites excluding steroid dienone is 2. The van der Waals surface area contributed by atoms with E-state index in [0.29, 0.717) is 28.3 Å². The standard InChI is InChI=1S/C41H36FN5O5/c1-41-32(38(50)47(40(41)52)27-7-5-4-6-8-27)22-31-29(36(41)23-9-20-34(48)33(42)21-23)18-19-30-35(31)39(51)46(37(30)49)28-16-12-25(13-17-28)44-43-24-10-14-26(15-11-24)45(2)3/h4-18,20-21,30-32,35-36,48H,19,22H2,1-3H3/t30-,31+,32-,35-,36-,41+/m0/s1. The molecular formula is C41H36FN5O5. The molecule has 4 aromatic rings. The van der Waals surface area contributed by atoms with Crippen LogP contribution in [0, 0.1) is 34.9 Å². The number of anilines is 3. The van der Waals surface area contributed by atoms with Crippen molar-refractivity contribution in [1.29, 1.82) is 0 Å². The Kier molecular flexibility index (Phi) is 7.89. The molecule has 2 aliphatic carbocycles. The van der Waals surface area contributed by atoms with Gasteiger partial charge in [-0.2, -0.15) is 10.2 Å². The second-order valence-corrected chi connectivity index (χ2v) is 14.3. The van der Waals surface area contributed by atoms with Crippen LogP contribution in [0.5, 0.6) is 5.75 Å². The van der Waals surface area contributed by atoms with Crippen LogP contribution in [0.4, 0.5) is 32.8 Å². The number of hydrogen-bond donors (Lipinski definition) is 1. The predicted molar refractivity (Wildman–Crippen MR) is 193 cm³/mol. The number of para-hydroxylation sites is 1. The van der Waals surface area contributed by atoms with Gasteiger partial charge in [0, 0.05) is 25.7 Å². The van der Waals surface area contributed by atoms with E-state index in [1.54, 1.807) is 67.6 Å². The summed E-state index contributed by atoms with van der Waals surface area (Å²) in [6, 6.07) is 27.0. The van der Waals surface area contributed by atoms with Gasteiger partial charge in [-0.1, -0.05) is 35.9 Å². The zero-order valence-electron chi connectivity index (χ0n) is 28.8. The lowest BCUT2D eigenvalue weighted by Gasteiger charge is -2.49. The number of phenolic OH excluding ortho intramolecular Hbond substituents is 1. The van der Waals surface area contributed by atoms with E-state index in [1.165, 1.54) is 21.9 Å². The molecule has 10 nitrogen and oxygen atoms in total. The van der Waals surface area contributed by atoms with E-state index in [1.807, 2.05) is 49.3 Å². The molecule has 4 aromatic carbocycles. The quantitative estimate of drug-likeness (QED) is 0.127. The van der Waals surface area contributed by atoms with Crippen molar-refractivity contribution in [3.63, 3.8) is 0 Å². The lowest BCUT2D eigenvalue weighted by atomic mass is 9.51. The second kappa shape index (κ2) is 12.4. The molecule has 0 aromatic heterocycles. The van der Waals surface area contributed by atoms with Crippen LogP contribution in [0.25, 0.3) is 0 Å². The first-order valence-electron chi connectivity index (χ1n) is 17.3. The smallest absolute Gasteiger partial charge is 0.241 e. The van der Waals surface area contributed by atoms with Crippen LogP contribution in [-0.4, -0.2) is 42.8 Å². The average Bonchev–Trinajstić information content (AvgIpc) is 3.52. The molecule has 1 saturated carbocycles. The van der Waals surface area contributed by atoms with Gasteiger partial charge in [0.2, 0.25) is 23.6 Å². The molecule has 11 heteroatoms. The molecule has 4 amide bonds. The van der Waals surface area contributed by atoms with Gasteiger partial charge in [-0.05, 0) is 104 Å². The SMILES string of the molecule is CN(C)c1ccc(N=Nc2ccc(N3C(=O)[C@H]4[C@H](CC=C5[C@H]4C[C@H]4C(=O)N(c6ccccc6)C(=O)[C@@]4(C)[C@H]5c4ccc(O)c(F)c4)C3=O)cc2)cc1. The van der Waals surface area contributed by atoms with Crippen LogP contribution in [0.1, 0.15) is 31.2 Å². The third-order valence-electron chi connectivity index (χ3n) is 11.3. The number of carbonyl (C=O) groups excluding carboxylic acids is 4. The van der Waals surface area contributed by atoms with Gasteiger partial charge in [-0.25, -0.2) is 9.29 Å². The number of carbonyl (C=O) groups is 4. The number of aromatic hydroxyl groups is 1. The Morgan fingerprint density at radius 1 is 0.769 bits per heavy atom. The van der Waals surface area contributed by atoms with Crippen molar-refractivity contribution in [2.24, 2.45) is 39.3 Å². The summed E-state index contributed by atoms with van der Waals surface area (Å²) in [6.07, 6.45) is 2.34. The molecule has 0 unspecified atom stereocenters. The third kappa shape index (κ3) is 5.05. The Balaban J connectivity index is 1.12. The number of imide groups is 2. The van der Waals surface area contributed by atoms with E-state index in [9.17, 15) is 28.7 Å². The van der Waals surface area contributed by atoms with Crippen LogP contribution < -0.4 is 14.7 Å². The van der Waals surface area contributed by atoms with E-state index in [4.69, 9.17) is 0 Å². The fourth-order valence-corrected chi connectivity index (χ4v) is 8.78. The van der Waals surface area contributed by atoms with E-state index in [2.05, 4.69) is 10.2 Å². The minimum atomic E-state index is -1.31. The summed E-state index contributed by atoms with van der Waals surface area (Å²) in [4.78, 5) is 61.5. The Morgan fingerprint density at radius 3 is 2.04 bits per heavy atom. The zero-order valence-corrected chi connectivity index (χ0v) is 28.8. The maximum absolute atomic E-state index is 15.0. The van der Waals surface area contributed by atoms with Crippen molar-refractivity contribution in [3.8, 4) is 5.75 Å². The molecular weight excluding hydrogens is 661 g/mol. The minimum Gasteiger partial charge on any atom is -0.505 e. The second-order valence-electron chi connectivity index (χ2n) is 14.3. The average molecular weight is 698 g/mol. The lowest BCUT2D eigenvalue weighted by molar-refractivity contribution is -0.131. The highest BCUT2D eigenvalue weighted by Crippen LogP contribution is 2.63. The van der Waals surface area contributed by atoms with Crippen LogP contribution in [0.3, 0.4) is 0 Å². The lowest BCUT2D eigenvalue weighted by Crippen LogP contribution is -2.48. The topological polar surface area (TPSA) is 123 Å². The maximum Gasteiger partial charge on any atom is 0.241 e. The van der Waals surface area contributed by atoms with Crippen LogP contribution >= 0.6 is 0 Å². The molecule has 2 saturated heterocycles. The monoisotopic (exact) mass is 697 g/mol. The third-order valence-corrected chi connectivity index (χ3v) is 11.3. The van der Waals surface area contributed by atoms with E-state index >= 15 is 0 Å². The largest absolute Gasteiger partial charge is 0.505 e. The number of phenols is 1. The van der Waals surface area contributed by atoms with E-state index in [0.717, 1.165) is 11.3 Å². The molecule has 1 N–H and O–H groups in total. The molecule has 3 fully saturated rings. The van der Waals surface area contributed by atoms with Gasteiger partial charge >= 0.3 is 0 Å². The Morgan fingerprint density at radius 2 is 1.40 bits per heavy atom. The Hall–Kier alpha value is -5.97. The molecule has 4 aliphatic rings. The van der Waals surface area contributed by atoms with Crippen molar-refractivity contribution in [2.45, 2.75) is 25.7 Å². The van der Waals surface area contributed by atoms with Gasteiger partial charge in [0.15, 0.2) is 11.6 Å². The van der Waals surface area contributed by atoms with Gasteiger partial charge in [-0.15, -0.1) is 0 Å². The van der Waals surface area contributed by atoms with Gasteiger partial charge in [0.05, 0.1) is 45.9 Å². The van der Waals surface area contributed by atoms with Crippen LogP contribution in [0.15, 0.2) is 119 Å². The number of nitrogens with zero attached hydrogens (tertiary/aromatic N) is 5. The number of halogens is 1. The molecule has 6 atom stereocenters. The van der Waals surface area contributed by atoms with Crippen molar-refractivity contribution in [1.82, 2.24) is 0 Å². The zero-order chi connectivity index (χ0) is 36.5. The number of benzene rings is 4. The van der Waals surface area contributed by atoms with Crippen molar-refractivity contribution < 1.29 is 28.7 Å². The summed E-state index contributed by atoms with van der Waals surface area (Å²) in [5, 5.41) is 18.7. The molecule has 0 spiro atoms. The molecule has 0 bridgehead atoms. The molecule has 0 radical (unpaired) electrons. The van der Waals surface area contributed by atoms with Crippen LogP contribution in [0.2, 0.25) is 0 Å². The van der Waals surface area contributed by atoms with E-state index < -0.39 is 58.4 Å². The van der Waals surface area contributed by atoms with Crippen molar-refractivity contribution in [3.05, 3.63) is 120 Å². The number of azo groups is 1. The first-order chi connectivity index (χ1) is 25.0. The van der Waals surface area contributed by atoms with Gasteiger partial charge in [0.25, 0.3) is 0 Å². The van der Waals surface area contributed by atoms with Crippen molar-refractivity contribution >= 4 is 52.1 Å². The van der Waals surface area contributed by atoms with Crippen molar-refractivity contribution in [2.75, 3.05) is 28.8 Å². The normalized spacial score (nSPS) is 26.8. The highest BCUT2D eigenvalue weighted by molar-refractivity contribution is 6.25. The molecule has 262 valence electrons. The predicted octanol–water partition coefficient (Wildman–Crippen LogP) is 7.45. The van der Waals surface area contributed by atoms with Gasteiger partial charge in [-0.3, -0.25) is 24.1 Å². The molecule has 8 rings (SSSR count). The Labute approximate surface area is 299 Å². The fourth-order valence-electron chi connectivity index (χ4n) is 8.78. The molecule has 2 heterocycles. The number of rotatable bonds is 6. The summed E-state index contributed by atoms with van der Waals surface area (Å²) in [7, 11) is 3.91. The highest BCUT2D eigenvalue weighted by atomic mass is 19.1. The number of hydrogen-bond acceptors (Lipinski definition) is 8. The minimum absolute atomic E-state index is 0.177. The highest BCUT2D eigenvalue weighted by Gasteiger charge is 2.67. The van der Waals surface area contributed by atoms with Crippen LogP contribution in [-0.2, 0) is 19.2 Å². The Bertz CT molecular complexity index is 2190.